The third kappa shape index (κ3) is 5.09. The first kappa shape index (κ1) is 25.0. The van der Waals surface area contributed by atoms with E-state index >= 15 is 0 Å². The molecule has 1 fully saturated rings. The SMILES string of the molecule is CNCC=CC(=O)N1CCC(n2nc(-c3ccc(C(=O)Nc4cc(C)ccn4)cc3)c3c(N)ncnc32)C1. The van der Waals surface area contributed by atoms with Crippen LogP contribution in [0.25, 0.3) is 22.3 Å². The number of likely N-dealkylation sites (N-methyl/N-ethyl adjacent to an activating group) is 1. The molecule has 194 valence electrons. The van der Waals surface area contributed by atoms with Crippen molar-refractivity contribution in [2.24, 2.45) is 0 Å². The Morgan fingerprint density at radius 3 is 2.74 bits per heavy atom. The van der Waals surface area contributed by atoms with Crippen LogP contribution in [0.3, 0.4) is 0 Å². The number of nitrogens with zero attached hydrogens (tertiary/aromatic N) is 6. The van der Waals surface area contributed by atoms with E-state index in [0.29, 0.717) is 53.6 Å². The van der Waals surface area contributed by atoms with Crippen LogP contribution < -0.4 is 16.4 Å². The Bertz CT molecular complexity index is 1510. The third-order valence-corrected chi connectivity index (χ3v) is 6.50. The highest BCUT2D eigenvalue weighted by Gasteiger charge is 2.30. The Morgan fingerprint density at radius 1 is 1.16 bits per heavy atom. The fraction of sp³-hybridized carbons (Fsp3) is 0.259. The number of aryl methyl sites for hydroxylation is 1. The fourth-order valence-corrected chi connectivity index (χ4v) is 4.55. The maximum Gasteiger partial charge on any atom is 0.256 e. The summed E-state index contributed by atoms with van der Waals surface area (Å²) in [7, 11) is 1.83. The van der Waals surface area contributed by atoms with E-state index in [4.69, 9.17) is 10.8 Å². The Morgan fingerprint density at radius 2 is 1.97 bits per heavy atom. The number of nitrogens with one attached hydrogen (secondary N) is 2. The van der Waals surface area contributed by atoms with Crippen LogP contribution in [-0.4, -0.2) is 68.1 Å². The summed E-state index contributed by atoms with van der Waals surface area (Å²) in [6, 6.07) is 10.8. The molecule has 4 heterocycles. The normalized spacial score (nSPS) is 15.4. The molecule has 0 radical (unpaired) electrons. The second kappa shape index (κ2) is 10.8. The van der Waals surface area contributed by atoms with E-state index in [2.05, 4.69) is 25.6 Å². The number of carbonyl (C=O) groups is 2. The number of carbonyl (C=O) groups excluding carboxylic acids is 2. The quantitative estimate of drug-likeness (QED) is 0.321. The first-order chi connectivity index (χ1) is 18.4. The van der Waals surface area contributed by atoms with Gasteiger partial charge in [-0.2, -0.15) is 5.10 Å². The molecule has 1 unspecified atom stereocenters. The maximum atomic E-state index is 12.7. The van der Waals surface area contributed by atoms with Crippen LogP contribution in [0.2, 0.25) is 0 Å². The summed E-state index contributed by atoms with van der Waals surface area (Å²) in [5.41, 5.74) is 9.79. The molecule has 4 aromatic rings. The van der Waals surface area contributed by atoms with E-state index in [9.17, 15) is 9.59 Å². The van der Waals surface area contributed by atoms with Gasteiger partial charge in [0.15, 0.2) is 5.65 Å². The first-order valence-corrected chi connectivity index (χ1v) is 12.4. The molecule has 2 amide bonds. The predicted octanol–water partition coefficient (Wildman–Crippen LogP) is 2.58. The highest BCUT2D eigenvalue weighted by molar-refractivity contribution is 6.04. The highest BCUT2D eigenvalue weighted by atomic mass is 16.2. The summed E-state index contributed by atoms with van der Waals surface area (Å²) in [4.78, 5) is 39.9. The summed E-state index contributed by atoms with van der Waals surface area (Å²) >= 11 is 0. The van der Waals surface area contributed by atoms with Gasteiger partial charge in [-0.3, -0.25) is 9.59 Å². The van der Waals surface area contributed by atoms with Crippen molar-refractivity contribution in [3.63, 3.8) is 0 Å². The minimum atomic E-state index is -0.257. The van der Waals surface area contributed by atoms with Crippen molar-refractivity contribution in [1.82, 2.24) is 34.9 Å². The molecule has 0 spiro atoms. The lowest BCUT2D eigenvalue weighted by Crippen LogP contribution is -2.27. The van der Waals surface area contributed by atoms with Gasteiger partial charge in [-0.1, -0.05) is 18.2 Å². The smallest absolute Gasteiger partial charge is 0.256 e. The molecule has 1 atom stereocenters. The maximum absolute atomic E-state index is 12.7. The third-order valence-electron chi connectivity index (χ3n) is 6.50. The van der Waals surface area contributed by atoms with Crippen molar-refractivity contribution in [2.75, 3.05) is 37.7 Å². The van der Waals surface area contributed by atoms with E-state index in [1.54, 1.807) is 24.4 Å². The minimum Gasteiger partial charge on any atom is -0.383 e. The van der Waals surface area contributed by atoms with Crippen molar-refractivity contribution in [3.05, 3.63) is 72.2 Å². The number of likely N-dealkylation sites (tertiary alicyclic amines) is 1. The van der Waals surface area contributed by atoms with Crippen LogP contribution in [0, 0.1) is 6.92 Å². The van der Waals surface area contributed by atoms with Gasteiger partial charge >= 0.3 is 0 Å². The monoisotopic (exact) mass is 511 g/mol. The first-order valence-electron chi connectivity index (χ1n) is 12.4. The molecule has 1 aliphatic heterocycles. The lowest BCUT2D eigenvalue weighted by atomic mass is 10.1. The Hall–Kier alpha value is -4.64. The van der Waals surface area contributed by atoms with Gasteiger partial charge in [-0.15, -0.1) is 0 Å². The summed E-state index contributed by atoms with van der Waals surface area (Å²) in [5.74, 6) is 0.538. The lowest BCUT2D eigenvalue weighted by Gasteiger charge is -2.15. The zero-order valence-corrected chi connectivity index (χ0v) is 21.3. The largest absolute Gasteiger partial charge is 0.383 e. The molecule has 3 aromatic heterocycles. The van der Waals surface area contributed by atoms with Gasteiger partial charge < -0.3 is 21.3 Å². The zero-order valence-electron chi connectivity index (χ0n) is 21.3. The van der Waals surface area contributed by atoms with Crippen molar-refractivity contribution in [1.29, 1.82) is 0 Å². The zero-order chi connectivity index (χ0) is 26.6. The summed E-state index contributed by atoms with van der Waals surface area (Å²) in [5, 5.41) is 11.3. The number of aromatic nitrogens is 5. The summed E-state index contributed by atoms with van der Waals surface area (Å²) in [6.45, 7) is 3.73. The molecule has 0 saturated carbocycles. The number of hydrogen-bond acceptors (Lipinski definition) is 8. The van der Waals surface area contributed by atoms with Crippen molar-refractivity contribution in [3.8, 4) is 11.3 Å². The number of rotatable bonds is 7. The average molecular weight is 512 g/mol. The second-order valence-electron chi connectivity index (χ2n) is 9.19. The van der Waals surface area contributed by atoms with Crippen molar-refractivity contribution < 1.29 is 9.59 Å². The number of amides is 2. The van der Waals surface area contributed by atoms with Crippen molar-refractivity contribution in [2.45, 2.75) is 19.4 Å². The van der Waals surface area contributed by atoms with E-state index in [0.717, 1.165) is 17.5 Å². The second-order valence-corrected chi connectivity index (χ2v) is 9.19. The average Bonchev–Trinajstić information content (AvgIpc) is 3.55. The van der Waals surface area contributed by atoms with Crippen LogP contribution in [0.4, 0.5) is 11.6 Å². The summed E-state index contributed by atoms with van der Waals surface area (Å²) < 4.78 is 1.84. The number of anilines is 2. The van der Waals surface area contributed by atoms with E-state index in [-0.39, 0.29) is 17.9 Å². The molecular formula is C27H29N9O2. The van der Waals surface area contributed by atoms with Crippen LogP contribution in [-0.2, 0) is 4.79 Å². The van der Waals surface area contributed by atoms with Gasteiger partial charge in [0, 0.05) is 43.0 Å². The number of benzene rings is 1. The van der Waals surface area contributed by atoms with Gasteiger partial charge in [0.05, 0.1) is 11.4 Å². The molecule has 38 heavy (non-hydrogen) atoms. The minimum absolute atomic E-state index is 0.0247. The molecule has 11 nitrogen and oxygen atoms in total. The van der Waals surface area contributed by atoms with Gasteiger partial charge in [-0.05, 0) is 50.2 Å². The van der Waals surface area contributed by atoms with E-state index in [1.165, 1.54) is 6.33 Å². The molecule has 1 saturated heterocycles. The molecule has 1 aromatic carbocycles. The fourth-order valence-electron chi connectivity index (χ4n) is 4.55. The van der Waals surface area contributed by atoms with E-state index in [1.807, 2.05) is 53.9 Å². The Balaban J connectivity index is 1.40. The molecule has 5 rings (SSSR count). The predicted molar refractivity (Wildman–Crippen MR) is 145 cm³/mol. The van der Waals surface area contributed by atoms with E-state index < -0.39 is 0 Å². The molecule has 1 aliphatic rings. The molecular weight excluding hydrogens is 482 g/mol. The number of nitrogen functional groups attached to an aromatic ring is 1. The van der Waals surface area contributed by atoms with Crippen LogP contribution >= 0.6 is 0 Å². The van der Waals surface area contributed by atoms with Gasteiger partial charge in [0.1, 0.15) is 23.7 Å². The lowest BCUT2D eigenvalue weighted by molar-refractivity contribution is -0.125. The number of nitrogens with two attached hydrogens (primary N) is 1. The number of fused-ring (bicyclic) bond motifs is 1. The standard InChI is InChI=1S/C27H29N9O2/c1-17-9-12-30-21(14-17)33-27(38)19-7-5-18(6-8-19)24-23-25(28)31-16-32-26(23)36(34-24)20-10-13-35(15-20)22(37)4-3-11-29-2/h3-9,12,14,16,20,29H,10-11,13,15H2,1-2H3,(H2,28,31,32)(H,30,33,38). The topological polar surface area (TPSA) is 144 Å². The molecule has 0 bridgehead atoms. The van der Waals surface area contributed by atoms with Crippen LogP contribution in [0.5, 0.6) is 0 Å². The summed E-state index contributed by atoms with van der Waals surface area (Å²) in [6.07, 6.45) is 7.23. The molecule has 11 heteroatoms. The van der Waals surface area contributed by atoms with Gasteiger partial charge in [0.25, 0.3) is 5.91 Å². The Kier molecular flexibility index (Phi) is 7.09. The van der Waals surface area contributed by atoms with Crippen LogP contribution in [0.15, 0.2) is 61.1 Å². The Labute approximate surface area is 219 Å². The van der Waals surface area contributed by atoms with Crippen LogP contribution in [0.1, 0.15) is 28.4 Å². The van der Waals surface area contributed by atoms with Gasteiger partial charge in [0.2, 0.25) is 5.91 Å². The molecule has 4 N–H and O–H groups in total. The van der Waals surface area contributed by atoms with Gasteiger partial charge in [-0.25, -0.2) is 19.6 Å². The number of hydrogen-bond donors (Lipinski definition) is 3. The molecule has 0 aliphatic carbocycles. The highest BCUT2D eigenvalue weighted by Crippen LogP contribution is 2.34. The van der Waals surface area contributed by atoms with Crippen molar-refractivity contribution >= 4 is 34.5 Å². The number of pyridine rings is 1.